The lowest BCUT2D eigenvalue weighted by atomic mass is 9.93. The van der Waals surface area contributed by atoms with Gasteiger partial charge in [-0.15, -0.1) is 0 Å². The van der Waals surface area contributed by atoms with Crippen LogP contribution in [0.3, 0.4) is 0 Å². The lowest BCUT2D eigenvalue weighted by Crippen LogP contribution is -2.36. The molecular formula is C11H18N2O. The van der Waals surface area contributed by atoms with Crippen LogP contribution in [0.4, 0.5) is 0 Å². The molecule has 0 spiro atoms. The fraction of sp³-hybridized carbons (Fsp3) is 0.818. The van der Waals surface area contributed by atoms with E-state index in [0.29, 0.717) is 18.1 Å². The van der Waals surface area contributed by atoms with Crippen molar-refractivity contribution in [2.24, 2.45) is 5.92 Å². The number of piperidine rings is 1. The molecule has 3 heteroatoms. The molecule has 0 radical (unpaired) electrons. The molecule has 0 aromatic rings. The summed E-state index contributed by atoms with van der Waals surface area (Å²) in [6.07, 6.45) is 3.61. The first-order chi connectivity index (χ1) is 6.74. The summed E-state index contributed by atoms with van der Waals surface area (Å²) >= 11 is 0. The summed E-state index contributed by atoms with van der Waals surface area (Å²) in [5.41, 5.74) is 0. The minimum atomic E-state index is 0.294. The monoisotopic (exact) mass is 194 g/mol. The van der Waals surface area contributed by atoms with Gasteiger partial charge >= 0.3 is 0 Å². The van der Waals surface area contributed by atoms with E-state index in [9.17, 15) is 4.79 Å². The summed E-state index contributed by atoms with van der Waals surface area (Å²) in [4.78, 5) is 13.5. The van der Waals surface area contributed by atoms with Gasteiger partial charge < -0.3 is 4.90 Å². The van der Waals surface area contributed by atoms with Crippen molar-refractivity contribution in [3.63, 3.8) is 0 Å². The molecule has 0 saturated carbocycles. The maximum Gasteiger partial charge on any atom is 0.133 e. The molecule has 0 amide bonds. The molecular weight excluding hydrogens is 176 g/mol. The normalized spacial score (nSPS) is 19.1. The zero-order valence-corrected chi connectivity index (χ0v) is 8.83. The smallest absolute Gasteiger partial charge is 0.133 e. The van der Waals surface area contributed by atoms with Crippen LogP contribution in [0.1, 0.15) is 32.6 Å². The number of unbranched alkanes of at least 4 members (excludes halogenated alkanes) is 1. The molecule has 1 aliphatic heterocycles. The van der Waals surface area contributed by atoms with E-state index in [0.717, 1.165) is 38.9 Å². The number of hydrogen-bond donors (Lipinski definition) is 0. The van der Waals surface area contributed by atoms with Crippen LogP contribution in [0.5, 0.6) is 0 Å². The van der Waals surface area contributed by atoms with E-state index in [4.69, 9.17) is 5.26 Å². The quantitative estimate of drug-likeness (QED) is 0.638. The van der Waals surface area contributed by atoms with Crippen molar-refractivity contribution in [3.05, 3.63) is 0 Å². The molecule has 0 unspecified atom stereocenters. The van der Waals surface area contributed by atoms with Gasteiger partial charge in [0, 0.05) is 12.3 Å². The van der Waals surface area contributed by atoms with Gasteiger partial charge in [-0.05, 0) is 45.8 Å². The first-order valence-corrected chi connectivity index (χ1v) is 5.34. The van der Waals surface area contributed by atoms with Crippen molar-refractivity contribution >= 4 is 5.78 Å². The molecule has 1 saturated heterocycles. The van der Waals surface area contributed by atoms with Gasteiger partial charge in [0.1, 0.15) is 5.78 Å². The Kier molecular flexibility index (Phi) is 4.61. The Balaban J connectivity index is 2.16. The molecule has 0 N–H and O–H groups in total. The first kappa shape index (κ1) is 11.2. The van der Waals surface area contributed by atoms with Gasteiger partial charge in [0.2, 0.25) is 0 Å². The molecule has 1 aliphatic rings. The summed E-state index contributed by atoms with van der Waals surface area (Å²) < 4.78 is 0. The SMILES string of the molecule is CC(=O)C1CCN(CCCC#N)CC1. The van der Waals surface area contributed by atoms with Gasteiger partial charge in [-0.3, -0.25) is 4.79 Å². The summed E-state index contributed by atoms with van der Waals surface area (Å²) in [5.74, 6) is 0.629. The topological polar surface area (TPSA) is 44.1 Å². The van der Waals surface area contributed by atoms with E-state index >= 15 is 0 Å². The van der Waals surface area contributed by atoms with Crippen LogP contribution >= 0.6 is 0 Å². The standard InChI is InChI=1S/C11H18N2O/c1-10(14)11-4-8-13(9-5-11)7-3-2-6-12/h11H,2-5,7-9H2,1H3. The van der Waals surface area contributed by atoms with Crippen molar-refractivity contribution in [3.8, 4) is 6.07 Å². The highest BCUT2D eigenvalue weighted by Crippen LogP contribution is 2.17. The van der Waals surface area contributed by atoms with E-state index in [1.165, 1.54) is 0 Å². The lowest BCUT2D eigenvalue weighted by Gasteiger charge is -2.30. The third-order valence-electron chi connectivity index (χ3n) is 2.93. The number of nitriles is 1. The van der Waals surface area contributed by atoms with Crippen molar-refractivity contribution in [2.75, 3.05) is 19.6 Å². The van der Waals surface area contributed by atoms with Crippen LogP contribution in [0.25, 0.3) is 0 Å². The molecule has 1 heterocycles. The second-order valence-electron chi connectivity index (χ2n) is 3.99. The predicted octanol–water partition coefficient (Wildman–Crippen LogP) is 1.59. The number of hydrogen-bond acceptors (Lipinski definition) is 3. The summed E-state index contributed by atoms with van der Waals surface area (Å²) in [6, 6.07) is 2.15. The zero-order valence-electron chi connectivity index (χ0n) is 8.83. The Labute approximate surface area is 85.7 Å². The average molecular weight is 194 g/mol. The van der Waals surface area contributed by atoms with E-state index in [1.54, 1.807) is 6.92 Å². The Morgan fingerprint density at radius 1 is 1.50 bits per heavy atom. The highest BCUT2D eigenvalue weighted by molar-refractivity contribution is 5.78. The van der Waals surface area contributed by atoms with Crippen LogP contribution < -0.4 is 0 Å². The summed E-state index contributed by atoms with van der Waals surface area (Å²) in [6.45, 7) is 4.75. The third-order valence-corrected chi connectivity index (χ3v) is 2.93. The lowest BCUT2D eigenvalue weighted by molar-refractivity contribution is -0.122. The van der Waals surface area contributed by atoms with E-state index < -0.39 is 0 Å². The largest absolute Gasteiger partial charge is 0.303 e. The first-order valence-electron chi connectivity index (χ1n) is 5.34. The van der Waals surface area contributed by atoms with Crippen molar-refractivity contribution in [2.45, 2.75) is 32.6 Å². The number of nitrogens with zero attached hydrogens (tertiary/aromatic N) is 2. The number of likely N-dealkylation sites (tertiary alicyclic amines) is 1. The minimum absolute atomic E-state index is 0.294. The van der Waals surface area contributed by atoms with Crippen LogP contribution in [0.15, 0.2) is 0 Å². The van der Waals surface area contributed by atoms with Crippen molar-refractivity contribution < 1.29 is 4.79 Å². The molecule has 3 nitrogen and oxygen atoms in total. The maximum absolute atomic E-state index is 11.1. The molecule has 78 valence electrons. The number of ketones is 1. The van der Waals surface area contributed by atoms with Gasteiger partial charge in [0.25, 0.3) is 0 Å². The third kappa shape index (κ3) is 3.47. The molecule has 0 atom stereocenters. The fourth-order valence-electron chi connectivity index (χ4n) is 1.94. The van der Waals surface area contributed by atoms with Gasteiger partial charge in [-0.1, -0.05) is 0 Å². The van der Waals surface area contributed by atoms with Crippen LogP contribution in [0.2, 0.25) is 0 Å². The number of Topliss-reactive ketones (excluding diaryl/α,β-unsaturated/α-hetero) is 1. The number of rotatable bonds is 4. The highest BCUT2D eigenvalue weighted by Gasteiger charge is 2.21. The predicted molar refractivity (Wildman–Crippen MR) is 54.7 cm³/mol. The second kappa shape index (κ2) is 5.77. The number of carbonyl (C=O) groups excluding carboxylic acids is 1. The molecule has 0 aliphatic carbocycles. The molecule has 0 aromatic carbocycles. The fourth-order valence-corrected chi connectivity index (χ4v) is 1.94. The second-order valence-corrected chi connectivity index (χ2v) is 3.99. The van der Waals surface area contributed by atoms with Crippen LogP contribution in [0, 0.1) is 17.2 Å². The summed E-state index contributed by atoms with van der Waals surface area (Å²) in [7, 11) is 0. The Hall–Kier alpha value is -0.880. The van der Waals surface area contributed by atoms with Crippen molar-refractivity contribution in [1.29, 1.82) is 5.26 Å². The van der Waals surface area contributed by atoms with Crippen molar-refractivity contribution in [1.82, 2.24) is 4.90 Å². The van der Waals surface area contributed by atoms with E-state index in [-0.39, 0.29) is 0 Å². The Bertz CT molecular complexity index is 224. The van der Waals surface area contributed by atoms with Gasteiger partial charge in [0.15, 0.2) is 0 Å². The molecule has 0 aromatic heterocycles. The van der Waals surface area contributed by atoms with E-state index in [1.807, 2.05) is 0 Å². The maximum atomic E-state index is 11.1. The van der Waals surface area contributed by atoms with Crippen LogP contribution in [-0.4, -0.2) is 30.3 Å². The molecule has 0 bridgehead atoms. The van der Waals surface area contributed by atoms with Gasteiger partial charge in [-0.25, -0.2) is 0 Å². The summed E-state index contributed by atoms with van der Waals surface area (Å²) in [5, 5.41) is 8.40. The Morgan fingerprint density at radius 3 is 2.64 bits per heavy atom. The van der Waals surface area contributed by atoms with E-state index in [2.05, 4.69) is 11.0 Å². The molecule has 1 fully saturated rings. The van der Waals surface area contributed by atoms with Gasteiger partial charge in [0.05, 0.1) is 6.07 Å². The minimum Gasteiger partial charge on any atom is -0.303 e. The zero-order chi connectivity index (χ0) is 10.4. The van der Waals surface area contributed by atoms with Gasteiger partial charge in [-0.2, -0.15) is 5.26 Å². The molecule has 14 heavy (non-hydrogen) atoms. The highest BCUT2D eigenvalue weighted by atomic mass is 16.1. The number of carbonyl (C=O) groups is 1. The molecule has 1 rings (SSSR count). The Morgan fingerprint density at radius 2 is 2.14 bits per heavy atom. The van der Waals surface area contributed by atoms with Crippen LogP contribution in [-0.2, 0) is 4.79 Å². The average Bonchev–Trinajstić information content (AvgIpc) is 2.19.